The molecule has 3 rings (SSSR count). The van der Waals surface area contributed by atoms with Gasteiger partial charge in [0.2, 0.25) is 5.91 Å². The lowest BCUT2D eigenvalue weighted by molar-refractivity contribution is -0.131. The molecular weight excluding hydrogens is 352 g/mol. The van der Waals surface area contributed by atoms with Gasteiger partial charge in [-0.2, -0.15) is 0 Å². The van der Waals surface area contributed by atoms with E-state index in [1.165, 1.54) is 18.4 Å². The van der Waals surface area contributed by atoms with Crippen LogP contribution < -0.4 is 5.32 Å². The number of fused-ring (bicyclic) bond motifs is 2. The SMILES string of the molecule is Cl.O=C(CCc1cccc(Br)c1)N1CCC2CCC(C1)N2. The largest absolute Gasteiger partial charge is 0.341 e. The van der Waals surface area contributed by atoms with Crippen molar-refractivity contribution in [3.8, 4) is 0 Å². The minimum Gasteiger partial charge on any atom is -0.341 e. The topological polar surface area (TPSA) is 32.3 Å². The van der Waals surface area contributed by atoms with Gasteiger partial charge in [0.05, 0.1) is 0 Å². The number of nitrogens with zero attached hydrogens (tertiary/aromatic N) is 1. The molecule has 5 heteroatoms. The molecular formula is C16H22BrClN2O. The lowest BCUT2D eigenvalue weighted by Crippen LogP contribution is -2.39. The highest BCUT2D eigenvalue weighted by Gasteiger charge is 2.30. The molecule has 0 aliphatic carbocycles. The van der Waals surface area contributed by atoms with Crippen LogP contribution in [0.5, 0.6) is 0 Å². The summed E-state index contributed by atoms with van der Waals surface area (Å²) in [5.41, 5.74) is 1.22. The first kappa shape index (κ1) is 16.8. The summed E-state index contributed by atoms with van der Waals surface area (Å²) >= 11 is 3.47. The smallest absolute Gasteiger partial charge is 0.222 e. The first-order chi connectivity index (χ1) is 9.70. The van der Waals surface area contributed by atoms with E-state index < -0.39 is 0 Å². The summed E-state index contributed by atoms with van der Waals surface area (Å²) in [7, 11) is 0. The van der Waals surface area contributed by atoms with Crippen molar-refractivity contribution in [1.82, 2.24) is 10.2 Å². The van der Waals surface area contributed by atoms with Gasteiger partial charge >= 0.3 is 0 Å². The highest BCUT2D eigenvalue weighted by Crippen LogP contribution is 2.21. The number of halogens is 2. The van der Waals surface area contributed by atoms with Crippen LogP contribution in [0.25, 0.3) is 0 Å². The zero-order valence-electron chi connectivity index (χ0n) is 12.1. The number of carbonyl (C=O) groups is 1. The van der Waals surface area contributed by atoms with Gasteiger partial charge in [-0.25, -0.2) is 0 Å². The molecule has 0 saturated carbocycles. The molecule has 2 heterocycles. The summed E-state index contributed by atoms with van der Waals surface area (Å²) in [5.74, 6) is 0.305. The summed E-state index contributed by atoms with van der Waals surface area (Å²) < 4.78 is 1.08. The van der Waals surface area contributed by atoms with Gasteiger partial charge in [0.1, 0.15) is 0 Å². The molecule has 3 nitrogen and oxygen atoms in total. The molecule has 21 heavy (non-hydrogen) atoms. The number of amides is 1. The third-order valence-corrected chi connectivity index (χ3v) is 4.89. The van der Waals surface area contributed by atoms with E-state index in [0.29, 0.717) is 24.4 Å². The van der Waals surface area contributed by atoms with Crippen LogP contribution in [0.15, 0.2) is 28.7 Å². The lowest BCUT2D eigenvalue weighted by atomic mass is 10.1. The molecule has 2 unspecified atom stereocenters. The molecule has 1 amide bonds. The number of nitrogens with one attached hydrogen (secondary N) is 1. The molecule has 2 saturated heterocycles. The van der Waals surface area contributed by atoms with E-state index in [0.717, 1.165) is 30.4 Å². The van der Waals surface area contributed by atoms with Gasteiger partial charge in [-0.15, -0.1) is 12.4 Å². The highest BCUT2D eigenvalue weighted by molar-refractivity contribution is 9.10. The quantitative estimate of drug-likeness (QED) is 0.882. The average molecular weight is 374 g/mol. The molecule has 1 N–H and O–H groups in total. The van der Waals surface area contributed by atoms with E-state index in [2.05, 4.69) is 38.3 Å². The molecule has 116 valence electrons. The number of likely N-dealkylation sites (tertiary alicyclic amines) is 1. The molecule has 0 aromatic heterocycles. The van der Waals surface area contributed by atoms with Crippen molar-refractivity contribution >= 4 is 34.2 Å². The maximum absolute atomic E-state index is 12.4. The van der Waals surface area contributed by atoms with Crippen molar-refractivity contribution in [3.63, 3.8) is 0 Å². The van der Waals surface area contributed by atoms with Gasteiger partial charge < -0.3 is 10.2 Å². The molecule has 2 fully saturated rings. The van der Waals surface area contributed by atoms with Crippen LogP contribution in [0.3, 0.4) is 0 Å². The van der Waals surface area contributed by atoms with Gasteiger partial charge in [0.25, 0.3) is 0 Å². The monoisotopic (exact) mass is 372 g/mol. The zero-order valence-corrected chi connectivity index (χ0v) is 14.5. The van der Waals surface area contributed by atoms with Crippen LogP contribution in [0, 0.1) is 0 Å². The first-order valence-corrected chi connectivity index (χ1v) is 8.28. The van der Waals surface area contributed by atoms with Crippen LogP contribution in [0.4, 0.5) is 0 Å². The summed E-state index contributed by atoms with van der Waals surface area (Å²) in [6, 6.07) is 9.39. The fourth-order valence-corrected chi connectivity index (χ4v) is 3.72. The number of carbonyl (C=O) groups excluding carboxylic acids is 1. The summed E-state index contributed by atoms with van der Waals surface area (Å²) in [6.45, 7) is 1.82. The van der Waals surface area contributed by atoms with Crippen molar-refractivity contribution in [2.45, 2.75) is 44.2 Å². The normalized spacial score (nSPS) is 24.3. The summed E-state index contributed by atoms with van der Waals surface area (Å²) in [6.07, 6.45) is 5.06. The lowest BCUT2D eigenvalue weighted by Gasteiger charge is -2.24. The zero-order chi connectivity index (χ0) is 13.9. The third-order valence-electron chi connectivity index (χ3n) is 4.39. The van der Waals surface area contributed by atoms with E-state index in [9.17, 15) is 4.79 Å². The predicted molar refractivity (Wildman–Crippen MR) is 90.9 cm³/mol. The second kappa shape index (κ2) is 7.61. The number of aryl methyl sites for hydroxylation is 1. The van der Waals surface area contributed by atoms with E-state index in [4.69, 9.17) is 0 Å². The number of hydrogen-bond donors (Lipinski definition) is 1. The Bertz CT molecular complexity index is 497. The Morgan fingerprint density at radius 2 is 2.10 bits per heavy atom. The third kappa shape index (κ3) is 4.44. The maximum Gasteiger partial charge on any atom is 0.222 e. The van der Waals surface area contributed by atoms with Crippen LogP contribution in [-0.4, -0.2) is 36.0 Å². The second-order valence-electron chi connectivity index (χ2n) is 5.90. The number of benzene rings is 1. The Kier molecular flexibility index (Phi) is 6.08. The molecule has 1 aromatic carbocycles. The average Bonchev–Trinajstić information content (AvgIpc) is 2.76. The highest BCUT2D eigenvalue weighted by atomic mass is 79.9. The van der Waals surface area contributed by atoms with Crippen LogP contribution in [-0.2, 0) is 11.2 Å². The summed E-state index contributed by atoms with van der Waals surface area (Å²) in [4.78, 5) is 14.4. The predicted octanol–water partition coefficient (Wildman–Crippen LogP) is 3.16. The van der Waals surface area contributed by atoms with Crippen molar-refractivity contribution in [2.75, 3.05) is 13.1 Å². The van der Waals surface area contributed by atoms with Gasteiger partial charge in [-0.05, 0) is 43.4 Å². The molecule has 2 aliphatic rings. The molecule has 0 spiro atoms. The summed E-state index contributed by atoms with van der Waals surface area (Å²) in [5, 5.41) is 3.62. The van der Waals surface area contributed by atoms with Gasteiger partial charge in [-0.1, -0.05) is 28.1 Å². The Morgan fingerprint density at radius 1 is 1.29 bits per heavy atom. The van der Waals surface area contributed by atoms with Crippen molar-refractivity contribution in [1.29, 1.82) is 0 Å². The Labute approximate surface area is 141 Å². The molecule has 1 aromatic rings. The number of hydrogen-bond acceptors (Lipinski definition) is 2. The van der Waals surface area contributed by atoms with Gasteiger partial charge in [-0.3, -0.25) is 4.79 Å². The van der Waals surface area contributed by atoms with Crippen molar-refractivity contribution < 1.29 is 4.79 Å². The van der Waals surface area contributed by atoms with E-state index in [1.54, 1.807) is 0 Å². The minimum atomic E-state index is 0. The van der Waals surface area contributed by atoms with Gasteiger partial charge in [0.15, 0.2) is 0 Å². The van der Waals surface area contributed by atoms with Gasteiger partial charge in [0, 0.05) is 36.1 Å². The van der Waals surface area contributed by atoms with E-state index in [1.807, 2.05) is 12.1 Å². The Balaban J connectivity index is 0.00000161. The van der Waals surface area contributed by atoms with Crippen molar-refractivity contribution in [3.05, 3.63) is 34.3 Å². The Morgan fingerprint density at radius 3 is 2.90 bits per heavy atom. The van der Waals surface area contributed by atoms with E-state index in [-0.39, 0.29) is 12.4 Å². The number of rotatable bonds is 3. The molecule has 2 aliphatic heterocycles. The van der Waals surface area contributed by atoms with Crippen molar-refractivity contribution in [2.24, 2.45) is 0 Å². The molecule has 2 bridgehead atoms. The van der Waals surface area contributed by atoms with Crippen LogP contribution in [0.1, 0.15) is 31.2 Å². The standard InChI is InChI=1S/C16H21BrN2O.ClH/c17-13-3-1-2-12(10-13)4-7-16(20)19-9-8-14-5-6-15(11-19)18-14;/h1-3,10,14-15,18H,4-9,11H2;1H. The second-order valence-corrected chi connectivity index (χ2v) is 6.81. The minimum absolute atomic E-state index is 0. The fourth-order valence-electron chi connectivity index (χ4n) is 3.27. The first-order valence-electron chi connectivity index (χ1n) is 7.49. The molecule has 0 radical (unpaired) electrons. The van der Waals surface area contributed by atoms with E-state index >= 15 is 0 Å². The van der Waals surface area contributed by atoms with Crippen LogP contribution in [0.2, 0.25) is 0 Å². The fraction of sp³-hybridized carbons (Fsp3) is 0.562. The van der Waals surface area contributed by atoms with Crippen LogP contribution >= 0.6 is 28.3 Å². The molecule has 2 atom stereocenters. The Hall–Kier alpha value is -0.580. The maximum atomic E-state index is 12.4.